The summed E-state index contributed by atoms with van der Waals surface area (Å²) >= 11 is 5.78. The maximum Gasteiger partial charge on any atom is 0.129 e. The summed E-state index contributed by atoms with van der Waals surface area (Å²) < 4.78 is 12.8. The average molecular weight is 237 g/mol. The maximum absolute atomic E-state index is 12.8. The van der Waals surface area contributed by atoms with Crippen LogP contribution in [0, 0.1) is 5.82 Å². The average Bonchev–Trinajstić information content (AvgIpc) is 2.30. The second-order valence-corrected chi connectivity index (χ2v) is 3.73. The highest BCUT2D eigenvalue weighted by molar-refractivity contribution is 6.29. The summed E-state index contributed by atoms with van der Waals surface area (Å²) in [6.45, 7) is 0.299. The van der Waals surface area contributed by atoms with E-state index in [0.29, 0.717) is 17.4 Å². The van der Waals surface area contributed by atoms with Gasteiger partial charge in [-0.1, -0.05) is 23.7 Å². The van der Waals surface area contributed by atoms with E-state index >= 15 is 0 Å². The monoisotopic (exact) mass is 236 g/mol. The Kier molecular flexibility index (Phi) is 3.17. The van der Waals surface area contributed by atoms with Crippen molar-refractivity contribution < 1.29 is 4.39 Å². The lowest BCUT2D eigenvalue weighted by Crippen LogP contribution is -2.02. The molecule has 0 aliphatic carbocycles. The van der Waals surface area contributed by atoms with E-state index in [4.69, 9.17) is 17.3 Å². The molecule has 16 heavy (non-hydrogen) atoms. The minimum absolute atomic E-state index is 0.264. The van der Waals surface area contributed by atoms with Crippen LogP contribution in [0.5, 0.6) is 0 Å². The lowest BCUT2D eigenvalue weighted by Gasteiger charge is -2.07. The van der Waals surface area contributed by atoms with Gasteiger partial charge in [0.05, 0.1) is 5.69 Å². The number of nitrogens with two attached hydrogens (primary N) is 1. The van der Waals surface area contributed by atoms with Gasteiger partial charge in [0.1, 0.15) is 11.0 Å². The molecule has 2 nitrogen and oxygen atoms in total. The van der Waals surface area contributed by atoms with E-state index in [0.717, 1.165) is 11.1 Å². The van der Waals surface area contributed by atoms with Crippen LogP contribution in [0.25, 0.3) is 11.1 Å². The molecule has 0 radical (unpaired) electrons. The summed E-state index contributed by atoms with van der Waals surface area (Å²) in [5, 5.41) is 0.409. The number of halogens is 2. The van der Waals surface area contributed by atoms with Crippen molar-refractivity contribution in [2.24, 2.45) is 5.73 Å². The van der Waals surface area contributed by atoms with E-state index in [1.807, 2.05) is 6.07 Å². The fourth-order valence-corrected chi connectivity index (χ4v) is 1.69. The molecule has 2 N–H and O–H groups in total. The molecule has 82 valence electrons. The van der Waals surface area contributed by atoms with Gasteiger partial charge in [0, 0.05) is 12.1 Å². The van der Waals surface area contributed by atoms with E-state index < -0.39 is 0 Å². The highest BCUT2D eigenvalue weighted by Crippen LogP contribution is 2.24. The van der Waals surface area contributed by atoms with E-state index in [-0.39, 0.29) is 5.82 Å². The van der Waals surface area contributed by atoms with E-state index in [1.54, 1.807) is 18.2 Å². The molecule has 0 bridgehead atoms. The van der Waals surface area contributed by atoms with Crippen molar-refractivity contribution in [2.45, 2.75) is 6.54 Å². The minimum atomic E-state index is -0.264. The van der Waals surface area contributed by atoms with Gasteiger partial charge in [-0.2, -0.15) is 0 Å². The smallest absolute Gasteiger partial charge is 0.129 e. The first-order chi connectivity index (χ1) is 7.70. The van der Waals surface area contributed by atoms with Gasteiger partial charge in [0.2, 0.25) is 0 Å². The first-order valence-corrected chi connectivity index (χ1v) is 5.20. The van der Waals surface area contributed by atoms with Gasteiger partial charge in [0.25, 0.3) is 0 Å². The van der Waals surface area contributed by atoms with E-state index in [9.17, 15) is 4.39 Å². The number of benzene rings is 1. The summed E-state index contributed by atoms with van der Waals surface area (Å²) in [7, 11) is 0. The molecule has 0 saturated carbocycles. The Balaban J connectivity index is 2.51. The Bertz CT molecular complexity index is 497. The van der Waals surface area contributed by atoms with Gasteiger partial charge >= 0.3 is 0 Å². The molecule has 1 heterocycles. The van der Waals surface area contributed by atoms with Crippen molar-refractivity contribution in [2.75, 3.05) is 0 Å². The molecule has 2 aromatic rings. The lowest BCUT2D eigenvalue weighted by atomic mass is 10.0. The van der Waals surface area contributed by atoms with Crippen LogP contribution in [0.2, 0.25) is 5.15 Å². The van der Waals surface area contributed by atoms with E-state index in [1.165, 1.54) is 12.1 Å². The molecule has 0 amide bonds. The highest BCUT2D eigenvalue weighted by Gasteiger charge is 2.06. The zero-order valence-electron chi connectivity index (χ0n) is 8.45. The lowest BCUT2D eigenvalue weighted by molar-refractivity contribution is 0.628. The zero-order chi connectivity index (χ0) is 11.5. The number of pyridine rings is 1. The molecule has 0 atom stereocenters. The normalized spacial score (nSPS) is 10.4. The third kappa shape index (κ3) is 2.21. The number of hydrogen-bond acceptors (Lipinski definition) is 2. The Morgan fingerprint density at radius 3 is 2.44 bits per heavy atom. The molecule has 0 saturated heterocycles. The van der Waals surface area contributed by atoms with Crippen molar-refractivity contribution in [3.05, 3.63) is 53.1 Å². The molecule has 0 aliphatic heterocycles. The summed E-state index contributed by atoms with van der Waals surface area (Å²) in [5.41, 5.74) is 8.06. The van der Waals surface area contributed by atoms with Crippen LogP contribution >= 0.6 is 11.6 Å². The molecule has 4 heteroatoms. The Labute approximate surface area is 97.9 Å². The molecule has 0 spiro atoms. The van der Waals surface area contributed by atoms with Crippen LogP contribution in [0.4, 0.5) is 4.39 Å². The first-order valence-electron chi connectivity index (χ1n) is 4.82. The third-order valence-electron chi connectivity index (χ3n) is 2.29. The molecule has 2 rings (SSSR count). The summed E-state index contributed by atoms with van der Waals surface area (Å²) in [5.74, 6) is -0.264. The van der Waals surface area contributed by atoms with Gasteiger partial charge in [0.15, 0.2) is 0 Å². The van der Waals surface area contributed by atoms with E-state index in [2.05, 4.69) is 4.98 Å². The Hall–Kier alpha value is -1.45. The number of hydrogen-bond donors (Lipinski definition) is 1. The molecule has 1 aromatic carbocycles. The van der Waals surface area contributed by atoms with Gasteiger partial charge < -0.3 is 5.73 Å². The number of nitrogens with zero attached hydrogens (tertiary/aromatic N) is 1. The minimum Gasteiger partial charge on any atom is -0.325 e. The van der Waals surface area contributed by atoms with Crippen LogP contribution in [0.1, 0.15) is 5.69 Å². The van der Waals surface area contributed by atoms with Crippen LogP contribution in [0.3, 0.4) is 0 Å². The second-order valence-electron chi connectivity index (χ2n) is 3.34. The topological polar surface area (TPSA) is 38.9 Å². The fraction of sp³-hybridized carbons (Fsp3) is 0.0833. The number of aromatic nitrogens is 1. The van der Waals surface area contributed by atoms with Crippen molar-refractivity contribution in [1.82, 2.24) is 4.98 Å². The predicted molar refractivity (Wildman–Crippen MR) is 62.5 cm³/mol. The molecule has 0 aliphatic rings. The second kappa shape index (κ2) is 4.60. The molecule has 1 aromatic heterocycles. The SMILES string of the molecule is NCc1nc(Cl)ccc1-c1ccc(F)cc1. The van der Waals surface area contributed by atoms with Crippen molar-refractivity contribution in [3.63, 3.8) is 0 Å². The predicted octanol–water partition coefficient (Wildman–Crippen LogP) is 3.00. The fourth-order valence-electron chi connectivity index (χ4n) is 1.52. The number of rotatable bonds is 2. The van der Waals surface area contributed by atoms with Gasteiger partial charge in [-0.3, -0.25) is 0 Å². The third-order valence-corrected chi connectivity index (χ3v) is 2.50. The molecule has 0 unspecified atom stereocenters. The molecule has 0 fully saturated rings. The Morgan fingerprint density at radius 2 is 1.81 bits per heavy atom. The standard InChI is InChI=1S/C12H10ClFN2/c13-12-6-5-10(11(7-15)16-12)8-1-3-9(14)4-2-8/h1-6H,7,15H2. The largest absolute Gasteiger partial charge is 0.325 e. The van der Waals surface area contributed by atoms with Crippen molar-refractivity contribution in [3.8, 4) is 11.1 Å². The zero-order valence-corrected chi connectivity index (χ0v) is 9.21. The van der Waals surface area contributed by atoms with Gasteiger partial charge in [-0.25, -0.2) is 9.37 Å². The molecular weight excluding hydrogens is 227 g/mol. The summed E-state index contributed by atoms with van der Waals surface area (Å²) in [4.78, 5) is 4.14. The van der Waals surface area contributed by atoms with Crippen LogP contribution in [-0.4, -0.2) is 4.98 Å². The van der Waals surface area contributed by atoms with Crippen molar-refractivity contribution >= 4 is 11.6 Å². The van der Waals surface area contributed by atoms with Crippen LogP contribution in [-0.2, 0) is 6.54 Å². The van der Waals surface area contributed by atoms with Gasteiger partial charge in [-0.05, 0) is 29.8 Å². The van der Waals surface area contributed by atoms with Crippen LogP contribution in [0.15, 0.2) is 36.4 Å². The Morgan fingerprint density at radius 1 is 1.12 bits per heavy atom. The summed E-state index contributed by atoms with van der Waals surface area (Å²) in [6.07, 6.45) is 0. The van der Waals surface area contributed by atoms with Crippen molar-refractivity contribution in [1.29, 1.82) is 0 Å². The van der Waals surface area contributed by atoms with Crippen LogP contribution < -0.4 is 5.73 Å². The molecular formula is C12H10ClFN2. The summed E-state index contributed by atoms with van der Waals surface area (Å²) in [6, 6.07) is 9.73. The quantitative estimate of drug-likeness (QED) is 0.815. The first kappa shape index (κ1) is 11.0. The van der Waals surface area contributed by atoms with Gasteiger partial charge in [-0.15, -0.1) is 0 Å². The highest BCUT2D eigenvalue weighted by atomic mass is 35.5. The maximum atomic E-state index is 12.8.